The van der Waals surface area contributed by atoms with Gasteiger partial charge in [-0.2, -0.15) is 0 Å². The first-order valence-corrected chi connectivity index (χ1v) is 11.9. The van der Waals surface area contributed by atoms with Crippen LogP contribution in [0.4, 0.5) is 0 Å². The standard InChI is InChI=1S/C19H28N4O2S2/c1-14(2)27(24,25)22-18-9-5-16(6-10-18)12-20-11-15-3-7-17(8-4-15)19-13-26-23-21-19/h3-4,7-8,13-14,16,18,20,22H,5-6,9-12H2,1-2H3. The van der Waals surface area contributed by atoms with E-state index in [2.05, 4.69) is 43.9 Å². The second-order valence-corrected chi connectivity index (χ2v) is 10.4. The van der Waals surface area contributed by atoms with E-state index in [1.54, 1.807) is 13.8 Å². The Morgan fingerprint density at radius 1 is 1.15 bits per heavy atom. The SMILES string of the molecule is CC(C)S(=O)(=O)NC1CCC(CNCc2ccc(-c3csnn3)cc2)CC1. The number of sulfonamides is 1. The Morgan fingerprint density at radius 3 is 2.44 bits per heavy atom. The highest BCUT2D eigenvalue weighted by molar-refractivity contribution is 7.90. The fourth-order valence-corrected chi connectivity index (χ4v) is 4.79. The van der Waals surface area contributed by atoms with E-state index in [1.165, 1.54) is 17.1 Å². The van der Waals surface area contributed by atoms with Gasteiger partial charge in [0.05, 0.1) is 5.25 Å². The van der Waals surface area contributed by atoms with Crippen LogP contribution in [0.25, 0.3) is 11.3 Å². The molecule has 2 N–H and O–H groups in total. The van der Waals surface area contributed by atoms with Crippen molar-refractivity contribution in [2.24, 2.45) is 5.92 Å². The van der Waals surface area contributed by atoms with Crippen molar-refractivity contribution < 1.29 is 8.42 Å². The smallest absolute Gasteiger partial charge is 0.214 e. The molecule has 1 aromatic heterocycles. The van der Waals surface area contributed by atoms with Crippen LogP contribution in [0.3, 0.4) is 0 Å². The Labute approximate surface area is 166 Å². The van der Waals surface area contributed by atoms with Crippen LogP contribution in [0.2, 0.25) is 0 Å². The number of aromatic nitrogens is 2. The highest BCUT2D eigenvalue weighted by atomic mass is 32.2. The van der Waals surface area contributed by atoms with Crippen molar-refractivity contribution in [1.82, 2.24) is 19.6 Å². The van der Waals surface area contributed by atoms with Crippen molar-refractivity contribution in [2.75, 3.05) is 6.54 Å². The van der Waals surface area contributed by atoms with Crippen LogP contribution in [-0.2, 0) is 16.6 Å². The summed E-state index contributed by atoms with van der Waals surface area (Å²) in [5.41, 5.74) is 3.26. The molecule has 0 bridgehead atoms. The van der Waals surface area contributed by atoms with Crippen molar-refractivity contribution in [3.05, 3.63) is 35.2 Å². The maximum absolute atomic E-state index is 12.0. The average Bonchev–Trinajstić information content (AvgIpc) is 3.18. The summed E-state index contributed by atoms with van der Waals surface area (Å²) in [6.07, 6.45) is 3.98. The number of nitrogens with zero attached hydrogens (tertiary/aromatic N) is 2. The number of hydrogen-bond donors (Lipinski definition) is 2. The largest absolute Gasteiger partial charge is 0.312 e. The summed E-state index contributed by atoms with van der Waals surface area (Å²) >= 11 is 1.36. The summed E-state index contributed by atoms with van der Waals surface area (Å²) in [4.78, 5) is 0. The van der Waals surface area contributed by atoms with Crippen molar-refractivity contribution in [1.29, 1.82) is 0 Å². The van der Waals surface area contributed by atoms with Gasteiger partial charge >= 0.3 is 0 Å². The lowest BCUT2D eigenvalue weighted by Gasteiger charge is -2.29. The summed E-state index contributed by atoms with van der Waals surface area (Å²) < 4.78 is 30.7. The molecule has 1 aliphatic rings. The van der Waals surface area contributed by atoms with Crippen molar-refractivity contribution in [2.45, 2.75) is 57.4 Å². The van der Waals surface area contributed by atoms with Crippen molar-refractivity contribution in [3.63, 3.8) is 0 Å². The van der Waals surface area contributed by atoms with Gasteiger partial charge in [0, 0.05) is 23.5 Å². The average molecular weight is 409 g/mol. The zero-order valence-electron chi connectivity index (χ0n) is 15.9. The van der Waals surface area contributed by atoms with Gasteiger partial charge in [-0.05, 0) is 69.1 Å². The Balaban J connectivity index is 1.38. The van der Waals surface area contributed by atoms with Crippen molar-refractivity contribution in [3.8, 4) is 11.3 Å². The van der Waals surface area contributed by atoms with Gasteiger partial charge in [0.25, 0.3) is 0 Å². The van der Waals surface area contributed by atoms with Gasteiger partial charge in [-0.25, -0.2) is 13.1 Å². The monoisotopic (exact) mass is 408 g/mol. The van der Waals surface area contributed by atoms with Gasteiger partial charge in [-0.3, -0.25) is 0 Å². The summed E-state index contributed by atoms with van der Waals surface area (Å²) in [7, 11) is -3.16. The van der Waals surface area contributed by atoms with Crippen LogP contribution < -0.4 is 10.0 Å². The molecule has 8 heteroatoms. The summed E-state index contributed by atoms with van der Waals surface area (Å²) in [6.45, 7) is 5.26. The van der Waals surface area contributed by atoms with E-state index in [0.717, 1.165) is 50.0 Å². The van der Waals surface area contributed by atoms with Gasteiger partial charge in [0.1, 0.15) is 5.69 Å². The molecule has 3 rings (SSSR count). The zero-order chi connectivity index (χ0) is 19.3. The molecule has 0 saturated heterocycles. The number of rotatable bonds is 8. The minimum absolute atomic E-state index is 0.0985. The van der Waals surface area contributed by atoms with Gasteiger partial charge in [0.2, 0.25) is 10.0 Å². The van der Waals surface area contributed by atoms with E-state index >= 15 is 0 Å². The van der Waals surface area contributed by atoms with Gasteiger partial charge in [-0.15, -0.1) is 5.10 Å². The minimum Gasteiger partial charge on any atom is -0.312 e. The molecule has 1 aromatic carbocycles. The van der Waals surface area contributed by atoms with E-state index in [-0.39, 0.29) is 11.3 Å². The van der Waals surface area contributed by atoms with Gasteiger partial charge < -0.3 is 5.32 Å². The molecule has 0 aliphatic heterocycles. The molecule has 2 aromatic rings. The van der Waals surface area contributed by atoms with Crippen LogP contribution in [0.15, 0.2) is 29.6 Å². The summed E-state index contributed by atoms with van der Waals surface area (Å²) in [6, 6.07) is 8.51. The molecule has 1 aliphatic carbocycles. The minimum atomic E-state index is -3.16. The maximum Gasteiger partial charge on any atom is 0.214 e. The lowest BCUT2D eigenvalue weighted by Crippen LogP contribution is -2.41. The maximum atomic E-state index is 12.0. The van der Waals surface area contributed by atoms with Crippen LogP contribution in [-0.4, -0.2) is 35.8 Å². The molecule has 1 fully saturated rings. The highest BCUT2D eigenvalue weighted by Gasteiger charge is 2.26. The van der Waals surface area contributed by atoms with Crippen LogP contribution in [0.5, 0.6) is 0 Å². The van der Waals surface area contributed by atoms with E-state index in [9.17, 15) is 8.42 Å². The molecule has 6 nitrogen and oxygen atoms in total. The van der Waals surface area contributed by atoms with Gasteiger partial charge in [-0.1, -0.05) is 28.8 Å². The first kappa shape index (κ1) is 20.4. The quantitative estimate of drug-likeness (QED) is 0.701. The molecule has 0 unspecified atom stereocenters. The lowest BCUT2D eigenvalue weighted by atomic mass is 9.86. The third-order valence-corrected chi connectivity index (χ3v) is 7.58. The zero-order valence-corrected chi connectivity index (χ0v) is 17.5. The summed E-state index contributed by atoms with van der Waals surface area (Å²) in [5.74, 6) is 0.616. The predicted octanol–water partition coefficient (Wildman–Crippen LogP) is 3.18. The molecule has 0 amide bonds. The predicted molar refractivity (Wildman–Crippen MR) is 110 cm³/mol. The first-order valence-electron chi connectivity index (χ1n) is 9.52. The van der Waals surface area contributed by atoms with E-state index in [0.29, 0.717) is 5.92 Å². The fraction of sp³-hybridized carbons (Fsp3) is 0.579. The molecule has 27 heavy (non-hydrogen) atoms. The van der Waals surface area contributed by atoms with Crippen LogP contribution >= 0.6 is 11.5 Å². The second-order valence-electron chi connectivity index (χ2n) is 7.55. The molecule has 1 saturated carbocycles. The molecular formula is C19H28N4O2S2. The highest BCUT2D eigenvalue weighted by Crippen LogP contribution is 2.25. The normalized spacial score (nSPS) is 20.9. The van der Waals surface area contributed by atoms with Crippen molar-refractivity contribution >= 4 is 21.6 Å². The third kappa shape index (κ3) is 5.81. The first-order chi connectivity index (χ1) is 12.9. The lowest BCUT2D eigenvalue weighted by molar-refractivity contribution is 0.302. The molecular weight excluding hydrogens is 380 g/mol. The Morgan fingerprint density at radius 2 is 1.85 bits per heavy atom. The van der Waals surface area contributed by atoms with E-state index < -0.39 is 10.0 Å². The Hall–Kier alpha value is -1.35. The number of hydrogen-bond acceptors (Lipinski definition) is 6. The van der Waals surface area contributed by atoms with E-state index in [1.807, 2.05) is 5.38 Å². The topological polar surface area (TPSA) is 84.0 Å². The Bertz CT molecular complexity index is 797. The Kier molecular flexibility index (Phi) is 6.97. The second kappa shape index (κ2) is 9.23. The molecule has 148 valence electrons. The van der Waals surface area contributed by atoms with Crippen LogP contribution in [0, 0.1) is 5.92 Å². The number of benzene rings is 1. The third-order valence-electron chi connectivity index (χ3n) is 5.17. The van der Waals surface area contributed by atoms with Crippen LogP contribution in [0.1, 0.15) is 45.1 Å². The summed E-state index contributed by atoms with van der Waals surface area (Å²) in [5, 5.41) is 9.21. The molecule has 0 atom stereocenters. The molecule has 0 spiro atoms. The molecule has 0 radical (unpaired) electrons. The van der Waals surface area contributed by atoms with E-state index in [4.69, 9.17) is 0 Å². The fourth-order valence-electron chi connectivity index (χ4n) is 3.36. The van der Waals surface area contributed by atoms with Gasteiger partial charge in [0.15, 0.2) is 0 Å². The number of nitrogens with one attached hydrogen (secondary N) is 2. The molecule has 1 heterocycles.